The predicted octanol–water partition coefficient (Wildman–Crippen LogP) is 2.06. The Hall–Kier alpha value is -1.39. The van der Waals surface area contributed by atoms with Gasteiger partial charge in [0.1, 0.15) is 0 Å². The van der Waals surface area contributed by atoms with Gasteiger partial charge in [0.05, 0.1) is 11.7 Å². The summed E-state index contributed by atoms with van der Waals surface area (Å²) in [6, 6.07) is 9.36. The first kappa shape index (κ1) is 14.5. The third kappa shape index (κ3) is 3.44. The smallest absolute Gasteiger partial charge is 0.251 e. The van der Waals surface area contributed by atoms with E-state index in [0.29, 0.717) is 12.1 Å². The van der Waals surface area contributed by atoms with Crippen LogP contribution in [-0.4, -0.2) is 49.2 Å². The summed E-state index contributed by atoms with van der Waals surface area (Å²) >= 11 is 0. The van der Waals surface area contributed by atoms with E-state index in [2.05, 4.69) is 17.3 Å². The number of carbonyl (C=O) groups is 1. The van der Waals surface area contributed by atoms with Crippen LogP contribution in [0.4, 0.5) is 0 Å². The molecule has 1 spiro atoms. The summed E-state index contributed by atoms with van der Waals surface area (Å²) in [6.45, 7) is 2.84. The van der Waals surface area contributed by atoms with Crippen LogP contribution < -0.4 is 5.32 Å². The average molecular weight is 288 g/mol. The van der Waals surface area contributed by atoms with E-state index in [1.54, 1.807) is 0 Å². The summed E-state index contributed by atoms with van der Waals surface area (Å²) in [7, 11) is 2.17. The summed E-state index contributed by atoms with van der Waals surface area (Å²) < 4.78 is 6.28. The van der Waals surface area contributed by atoms with Gasteiger partial charge in [-0.05, 0) is 44.9 Å². The van der Waals surface area contributed by atoms with Gasteiger partial charge in [0.15, 0.2) is 0 Å². The third-order valence-corrected chi connectivity index (χ3v) is 4.76. The van der Waals surface area contributed by atoms with Gasteiger partial charge in [0.25, 0.3) is 5.91 Å². The molecule has 1 N–H and O–H groups in total. The van der Waals surface area contributed by atoms with E-state index < -0.39 is 0 Å². The lowest BCUT2D eigenvalue weighted by Gasteiger charge is -2.37. The maximum atomic E-state index is 12.0. The summed E-state index contributed by atoms with van der Waals surface area (Å²) in [5, 5.41) is 3.00. The Bertz CT molecular complexity index is 481. The van der Waals surface area contributed by atoms with E-state index in [4.69, 9.17) is 4.74 Å². The maximum Gasteiger partial charge on any atom is 0.251 e. The molecule has 0 aliphatic carbocycles. The molecule has 1 atom stereocenters. The molecule has 2 saturated heterocycles. The molecule has 1 amide bonds. The van der Waals surface area contributed by atoms with Crippen molar-refractivity contribution in [2.75, 3.05) is 26.7 Å². The normalized spacial score (nSPS) is 25.1. The fourth-order valence-electron chi connectivity index (χ4n) is 3.33. The van der Waals surface area contributed by atoms with Gasteiger partial charge < -0.3 is 15.0 Å². The van der Waals surface area contributed by atoms with E-state index in [9.17, 15) is 4.79 Å². The quantitative estimate of drug-likeness (QED) is 0.925. The molecule has 0 aromatic heterocycles. The Balaban J connectivity index is 1.48. The van der Waals surface area contributed by atoms with Gasteiger partial charge in [-0.25, -0.2) is 0 Å². The molecule has 114 valence electrons. The number of nitrogens with zero attached hydrogens (tertiary/aromatic N) is 1. The van der Waals surface area contributed by atoms with E-state index in [-0.39, 0.29) is 17.6 Å². The number of hydrogen-bond donors (Lipinski definition) is 1. The molecule has 1 aromatic carbocycles. The first-order valence-corrected chi connectivity index (χ1v) is 7.87. The number of amides is 1. The zero-order valence-corrected chi connectivity index (χ0v) is 12.7. The lowest BCUT2D eigenvalue weighted by molar-refractivity contribution is -0.0724. The van der Waals surface area contributed by atoms with E-state index in [1.165, 1.54) is 0 Å². The highest BCUT2D eigenvalue weighted by Gasteiger charge is 2.41. The lowest BCUT2D eigenvalue weighted by Crippen LogP contribution is -2.43. The number of likely N-dealkylation sites (tertiary alicyclic amines) is 1. The van der Waals surface area contributed by atoms with Crippen molar-refractivity contribution in [3.05, 3.63) is 35.9 Å². The van der Waals surface area contributed by atoms with Crippen LogP contribution in [0.15, 0.2) is 30.3 Å². The van der Waals surface area contributed by atoms with Gasteiger partial charge in [-0.15, -0.1) is 0 Å². The second-order valence-corrected chi connectivity index (χ2v) is 6.34. The van der Waals surface area contributed by atoms with Crippen LogP contribution in [0.2, 0.25) is 0 Å². The molecule has 2 heterocycles. The summed E-state index contributed by atoms with van der Waals surface area (Å²) in [4.78, 5) is 14.4. The van der Waals surface area contributed by atoms with Gasteiger partial charge in [0, 0.05) is 25.2 Å². The molecule has 2 aliphatic rings. The average Bonchev–Trinajstić information content (AvgIpc) is 2.92. The van der Waals surface area contributed by atoms with Crippen LogP contribution >= 0.6 is 0 Å². The van der Waals surface area contributed by atoms with Crippen LogP contribution in [0.25, 0.3) is 0 Å². The number of rotatable bonds is 3. The monoisotopic (exact) mass is 288 g/mol. The van der Waals surface area contributed by atoms with Gasteiger partial charge in [0.2, 0.25) is 0 Å². The molecule has 2 fully saturated rings. The standard InChI is InChI=1S/C17H24N2O2/c1-19-11-9-17(10-12-19)8-7-15(21-17)13-18-16(20)14-5-3-2-4-6-14/h2-6,15H,7-13H2,1H3,(H,18,20)/t15-/m1/s1. The van der Waals surface area contributed by atoms with E-state index in [0.717, 1.165) is 38.8 Å². The second-order valence-electron chi connectivity index (χ2n) is 6.34. The van der Waals surface area contributed by atoms with Crippen molar-refractivity contribution in [1.82, 2.24) is 10.2 Å². The fraction of sp³-hybridized carbons (Fsp3) is 0.588. The Kier molecular flexibility index (Phi) is 4.27. The molecule has 0 saturated carbocycles. The van der Waals surface area contributed by atoms with Gasteiger partial charge in [-0.1, -0.05) is 18.2 Å². The van der Waals surface area contributed by atoms with Crippen molar-refractivity contribution < 1.29 is 9.53 Å². The van der Waals surface area contributed by atoms with Crippen molar-refractivity contribution in [1.29, 1.82) is 0 Å². The van der Waals surface area contributed by atoms with Crippen molar-refractivity contribution in [3.8, 4) is 0 Å². The fourth-order valence-corrected chi connectivity index (χ4v) is 3.33. The number of carbonyl (C=O) groups excluding carboxylic acids is 1. The second kappa shape index (κ2) is 6.16. The van der Waals surface area contributed by atoms with Crippen LogP contribution in [0.1, 0.15) is 36.0 Å². The minimum Gasteiger partial charge on any atom is -0.370 e. The van der Waals surface area contributed by atoms with Crippen molar-refractivity contribution in [2.45, 2.75) is 37.4 Å². The SMILES string of the molecule is CN1CCC2(CC[C@H](CNC(=O)c3ccccc3)O2)CC1. The van der Waals surface area contributed by atoms with E-state index >= 15 is 0 Å². The number of nitrogens with one attached hydrogen (secondary N) is 1. The molecule has 3 rings (SSSR count). The number of piperidine rings is 1. The minimum absolute atomic E-state index is 0.0106. The highest BCUT2D eigenvalue weighted by molar-refractivity contribution is 5.94. The summed E-state index contributed by atoms with van der Waals surface area (Å²) in [5.41, 5.74) is 0.791. The zero-order valence-electron chi connectivity index (χ0n) is 12.7. The summed E-state index contributed by atoms with van der Waals surface area (Å²) in [6.07, 6.45) is 4.59. The van der Waals surface area contributed by atoms with E-state index in [1.807, 2.05) is 30.3 Å². The Morgan fingerprint density at radius 1 is 1.29 bits per heavy atom. The third-order valence-electron chi connectivity index (χ3n) is 4.76. The van der Waals surface area contributed by atoms with Crippen LogP contribution in [0.3, 0.4) is 0 Å². The molecule has 2 aliphatic heterocycles. The molecule has 1 aromatic rings. The van der Waals surface area contributed by atoms with Gasteiger partial charge in [-0.2, -0.15) is 0 Å². The molecule has 4 heteroatoms. The highest BCUT2D eigenvalue weighted by atomic mass is 16.5. The van der Waals surface area contributed by atoms with Crippen molar-refractivity contribution >= 4 is 5.91 Å². The predicted molar refractivity (Wildman–Crippen MR) is 82.3 cm³/mol. The largest absolute Gasteiger partial charge is 0.370 e. The molecule has 0 bridgehead atoms. The first-order chi connectivity index (χ1) is 10.2. The lowest BCUT2D eigenvalue weighted by atomic mass is 9.89. The Morgan fingerprint density at radius 3 is 2.71 bits per heavy atom. The number of hydrogen-bond acceptors (Lipinski definition) is 3. The first-order valence-electron chi connectivity index (χ1n) is 7.87. The molecule has 0 unspecified atom stereocenters. The Labute approximate surface area is 126 Å². The molecular formula is C17H24N2O2. The molecular weight excluding hydrogens is 264 g/mol. The van der Waals surface area contributed by atoms with Gasteiger partial charge in [-0.3, -0.25) is 4.79 Å². The van der Waals surface area contributed by atoms with Gasteiger partial charge >= 0.3 is 0 Å². The van der Waals surface area contributed by atoms with Crippen LogP contribution in [-0.2, 0) is 4.74 Å². The van der Waals surface area contributed by atoms with Crippen LogP contribution in [0, 0.1) is 0 Å². The number of benzene rings is 1. The maximum absolute atomic E-state index is 12.0. The molecule has 21 heavy (non-hydrogen) atoms. The summed E-state index contributed by atoms with van der Waals surface area (Å²) in [5.74, 6) is -0.0106. The topological polar surface area (TPSA) is 41.6 Å². The van der Waals surface area contributed by atoms with Crippen molar-refractivity contribution in [3.63, 3.8) is 0 Å². The minimum atomic E-state index is -0.0106. The highest BCUT2D eigenvalue weighted by Crippen LogP contribution is 2.38. The zero-order chi connectivity index (χ0) is 14.7. The Morgan fingerprint density at radius 2 is 2.00 bits per heavy atom. The van der Waals surface area contributed by atoms with Crippen LogP contribution in [0.5, 0.6) is 0 Å². The van der Waals surface area contributed by atoms with Crippen molar-refractivity contribution in [2.24, 2.45) is 0 Å². The number of ether oxygens (including phenoxy) is 1. The molecule has 0 radical (unpaired) electrons. The molecule has 4 nitrogen and oxygen atoms in total.